The Morgan fingerprint density at radius 2 is 1.86 bits per heavy atom. The second-order valence-corrected chi connectivity index (χ2v) is 1.16. The predicted molar refractivity (Wildman–Crippen MR) is 14.1 cm³/mol. The van der Waals surface area contributed by atoms with Gasteiger partial charge in [-0.2, -0.15) is 18.7 Å². The number of alkyl halides is 3. The molecule has 0 aliphatic carbocycles. The molecule has 0 saturated carbocycles. The van der Waals surface area contributed by atoms with Gasteiger partial charge in [0.05, 0.1) is 0 Å². The van der Waals surface area contributed by atoms with Crippen molar-refractivity contribution in [1.29, 1.82) is 0 Å². The van der Waals surface area contributed by atoms with Crippen LogP contribution in [0.15, 0.2) is 0 Å². The summed E-state index contributed by atoms with van der Waals surface area (Å²) in [5.41, 5.74) is 1.65. The van der Waals surface area contributed by atoms with Crippen LogP contribution in [0.3, 0.4) is 0 Å². The first kappa shape index (κ1) is 4.86. The van der Waals surface area contributed by atoms with Crippen LogP contribution in [0.2, 0.25) is 0 Å². The van der Waals surface area contributed by atoms with Crippen molar-refractivity contribution in [2.75, 3.05) is 0 Å². The largest absolute Gasteiger partial charge is 0.432 e. The Kier molecular flexibility index (Phi) is 0.767. The first-order valence-corrected chi connectivity index (χ1v) is 1.58. The van der Waals surface area contributed by atoms with Gasteiger partial charge < -0.3 is 0 Å². The highest BCUT2D eigenvalue weighted by molar-refractivity contribution is 4.67. The molecule has 42 valence electrons. The molecule has 0 spiro atoms. The second kappa shape index (κ2) is 1.10. The monoisotopic (exact) mass is 113 g/mol. The quantitative estimate of drug-likeness (QED) is 0.461. The zero-order chi connectivity index (χ0) is 5.49. The molecule has 5 heteroatoms. The maximum absolute atomic E-state index is 11.1. The van der Waals surface area contributed by atoms with Gasteiger partial charge in [0.1, 0.15) is 0 Å². The van der Waals surface area contributed by atoms with Crippen molar-refractivity contribution in [2.45, 2.75) is 12.4 Å². The van der Waals surface area contributed by atoms with Crippen LogP contribution in [0.5, 0.6) is 0 Å². The molecule has 0 aromatic carbocycles. The maximum atomic E-state index is 11.1. The molecule has 0 amide bonds. The molecule has 1 aliphatic heterocycles. The van der Waals surface area contributed by atoms with E-state index >= 15 is 0 Å². The van der Waals surface area contributed by atoms with E-state index in [-0.39, 0.29) is 0 Å². The van der Waals surface area contributed by atoms with Gasteiger partial charge in [-0.25, -0.2) is 0 Å². The fourth-order valence-electron chi connectivity index (χ4n) is 0.168. The third-order valence-corrected chi connectivity index (χ3v) is 0.533. The van der Waals surface area contributed by atoms with Gasteiger partial charge in [0.15, 0.2) is 0 Å². The molecule has 1 aliphatic rings. The molecular weight excluding hydrogens is 111 g/mol. The van der Waals surface area contributed by atoms with Gasteiger partial charge in [-0.3, -0.25) is 4.84 Å². The molecule has 0 aromatic rings. The molecule has 1 fully saturated rings. The van der Waals surface area contributed by atoms with Crippen molar-refractivity contribution in [3.8, 4) is 0 Å². The second-order valence-electron chi connectivity index (χ2n) is 1.16. The molecule has 0 bridgehead atoms. The van der Waals surface area contributed by atoms with Gasteiger partial charge in [-0.05, 0) is 0 Å². The molecule has 1 N–H and O–H groups in total. The normalized spacial score (nSPS) is 30.4. The average molecular weight is 113 g/mol. The third-order valence-electron chi connectivity index (χ3n) is 0.533. The Morgan fingerprint density at radius 1 is 1.43 bits per heavy atom. The van der Waals surface area contributed by atoms with Crippen molar-refractivity contribution in [1.82, 2.24) is 5.48 Å². The van der Waals surface area contributed by atoms with Crippen LogP contribution in [0.1, 0.15) is 0 Å². The molecule has 1 atom stereocenters. The highest BCUT2D eigenvalue weighted by atomic mass is 19.4. The lowest BCUT2D eigenvalue weighted by Gasteiger charge is -1.94. The van der Waals surface area contributed by atoms with E-state index in [1.807, 2.05) is 0 Å². The Hall–Kier alpha value is -0.290. The van der Waals surface area contributed by atoms with Crippen LogP contribution in [0.25, 0.3) is 0 Å². The van der Waals surface area contributed by atoms with Gasteiger partial charge in [0.2, 0.25) is 6.23 Å². The smallest absolute Gasteiger partial charge is 0.268 e. The number of rotatable bonds is 0. The van der Waals surface area contributed by atoms with Gasteiger partial charge in [-0.1, -0.05) is 0 Å². The van der Waals surface area contributed by atoms with E-state index in [4.69, 9.17) is 0 Å². The van der Waals surface area contributed by atoms with Gasteiger partial charge in [0, 0.05) is 0 Å². The summed E-state index contributed by atoms with van der Waals surface area (Å²) in [4.78, 5) is 3.70. The number of halogens is 3. The zero-order valence-corrected chi connectivity index (χ0v) is 3.12. The minimum absolute atomic E-state index is 1.65. The Morgan fingerprint density at radius 3 is 1.86 bits per heavy atom. The lowest BCUT2D eigenvalue weighted by molar-refractivity contribution is -0.146. The van der Waals surface area contributed by atoms with Gasteiger partial charge >= 0.3 is 6.18 Å². The molecule has 7 heavy (non-hydrogen) atoms. The average Bonchev–Trinajstić information content (AvgIpc) is 1.99. The lowest BCUT2D eigenvalue weighted by atomic mass is 10.6. The van der Waals surface area contributed by atoms with Crippen LogP contribution in [-0.2, 0) is 4.84 Å². The molecule has 0 aromatic heterocycles. The molecule has 0 radical (unpaired) electrons. The summed E-state index contributed by atoms with van der Waals surface area (Å²) in [6, 6.07) is 0. The number of hydroxylamine groups is 1. The highest BCUT2D eigenvalue weighted by Crippen LogP contribution is 2.26. The Bertz CT molecular complexity index is 75.5. The molecule has 1 unspecified atom stereocenters. The number of nitrogens with one attached hydrogen (secondary N) is 1. The minimum Gasteiger partial charge on any atom is -0.268 e. The fraction of sp³-hybridized carbons (Fsp3) is 1.00. The van der Waals surface area contributed by atoms with E-state index in [0.29, 0.717) is 0 Å². The summed E-state index contributed by atoms with van der Waals surface area (Å²) in [7, 11) is 0. The SMILES string of the molecule is FC(F)(F)C1NO1. The van der Waals surface area contributed by atoms with Crippen molar-refractivity contribution in [3.05, 3.63) is 0 Å². The third kappa shape index (κ3) is 1.04. The van der Waals surface area contributed by atoms with Crippen LogP contribution in [0, 0.1) is 0 Å². The molecule has 1 heterocycles. The number of hydrogen-bond donors (Lipinski definition) is 1. The van der Waals surface area contributed by atoms with Crippen molar-refractivity contribution in [3.63, 3.8) is 0 Å². The first-order chi connectivity index (χ1) is 3.11. The minimum atomic E-state index is -4.22. The maximum Gasteiger partial charge on any atom is 0.432 e. The first-order valence-electron chi connectivity index (χ1n) is 1.58. The van der Waals surface area contributed by atoms with Gasteiger partial charge in [-0.15, -0.1) is 0 Å². The Labute approximate surface area is 37.2 Å². The highest BCUT2D eigenvalue weighted by Gasteiger charge is 2.49. The molecular formula is C2H2F3NO. The summed E-state index contributed by atoms with van der Waals surface area (Å²) in [5, 5.41) is 0. The van der Waals surface area contributed by atoms with Crippen LogP contribution in [0.4, 0.5) is 13.2 Å². The van der Waals surface area contributed by atoms with Crippen LogP contribution in [-0.4, -0.2) is 12.4 Å². The van der Waals surface area contributed by atoms with E-state index in [2.05, 4.69) is 4.84 Å². The summed E-state index contributed by atoms with van der Waals surface area (Å²) in [6.07, 6.45) is -5.92. The standard InChI is InChI=1S/C2H2F3NO/c3-2(4,5)1-6-7-1/h1,6H. The van der Waals surface area contributed by atoms with E-state index in [0.717, 1.165) is 0 Å². The topological polar surface area (TPSA) is 34.5 Å². The van der Waals surface area contributed by atoms with E-state index in [1.54, 1.807) is 5.48 Å². The summed E-state index contributed by atoms with van der Waals surface area (Å²) >= 11 is 0. The van der Waals surface area contributed by atoms with Crippen molar-refractivity contribution >= 4 is 0 Å². The van der Waals surface area contributed by atoms with Crippen molar-refractivity contribution < 1.29 is 18.0 Å². The fourth-order valence-corrected chi connectivity index (χ4v) is 0.168. The van der Waals surface area contributed by atoms with E-state index in [1.165, 1.54) is 0 Å². The predicted octanol–water partition coefficient (Wildman–Crippen LogP) is 0.410. The summed E-state index contributed by atoms with van der Waals surface area (Å²) in [6.45, 7) is 0. The zero-order valence-electron chi connectivity index (χ0n) is 3.12. The van der Waals surface area contributed by atoms with E-state index < -0.39 is 12.4 Å². The summed E-state index contributed by atoms with van der Waals surface area (Å²) < 4.78 is 33.2. The van der Waals surface area contributed by atoms with Crippen LogP contribution < -0.4 is 5.48 Å². The van der Waals surface area contributed by atoms with Crippen LogP contribution >= 0.6 is 0 Å². The van der Waals surface area contributed by atoms with E-state index in [9.17, 15) is 13.2 Å². The van der Waals surface area contributed by atoms with Gasteiger partial charge in [0.25, 0.3) is 0 Å². The molecule has 1 saturated heterocycles. The lowest BCUT2D eigenvalue weighted by Crippen LogP contribution is -2.18. The Balaban J connectivity index is 2.36. The van der Waals surface area contributed by atoms with Crippen molar-refractivity contribution in [2.24, 2.45) is 0 Å². The summed E-state index contributed by atoms with van der Waals surface area (Å²) in [5.74, 6) is 0. The number of hydrogen-bond acceptors (Lipinski definition) is 2. The molecule has 2 nitrogen and oxygen atoms in total. The molecule has 1 rings (SSSR count).